The molecule has 6 aliphatic heterocycles. The van der Waals surface area contributed by atoms with E-state index < -0.39 is 29.7 Å². The molecule has 14 heteroatoms. The van der Waals surface area contributed by atoms with Crippen molar-refractivity contribution in [3.8, 4) is 0 Å². The van der Waals surface area contributed by atoms with Crippen LogP contribution in [0.4, 0.5) is 22.7 Å². The summed E-state index contributed by atoms with van der Waals surface area (Å²) in [6.45, 7) is 15.6. The molecule has 13 nitrogen and oxygen atoms in total. The number of likely N-dealkylation sites (tertiary alicyclic amines) is 1. The maximum atomic E-state index is 13.7. The van der Waals surface area contributed by atoms with Crippen molar-refractivity contribution in [2.45, 2.75) is 76.0 Å². The number of carbonyl (C=O) groups excluding carboxylic acids is 5. The molecule has 9 rings (SSSR count). The van der Waals surface area contributed by atoms with Gasteiger partial charge < -0.3 is 24.1 Å². The first-order valence-corrected chi connectivity index (χ1v) is 21.6. The number of likely N-dealkylation sites (N-methyl/N-ethyl adjacent to an activating group) is 1. The molecule has 1 unspecified atom stereocenters. The lowest BCUT2D eigenvalue weighted by Crippen LogP contribution is -2.70. The summed E-state index contributed by atoms with van der Waals surface area (Å²) >= 11 is 6.39. The molecule has 5 amide bonds. The first-order valence-electron chi connectivity index (χ1n) is 21.3. The van der Waals surface area contributed by atoms with Crippen LogP contribution in [0.1, 0.15) is 82.9 Å². The molecule has 3 aromatic carbocycles. The number of imide groups is 2. The normalized spacial score (nSPS) is 23.6. The average Bonchev–Trinajstić information content (AvgIpc) is 3.67. The summed E-state index contributed by atoms with van der Waals surface area (Å²) in [5.41, 5.74) is 5.18. The van der Waals surface area contributed by atoms with Crippen LogP contribution >= 0.6 is 11.6 Å². The maximum absolute atomic E-state index is 13.7. The fourth-order valence-electron chi connectivity index (χ4n) is 10.8. The van der Waals surface area contributed by atoms with Crippen molar-refractivity contribution in [3.63, 3.8) is 0 Å². The van der Waals surface area contributed by atoms with Crippen LogP contribution in [-0.4, -0.2) is 128 Å². The van der Waals surface area contributed by atoms with Gasteiger partial charge in [0.2, 0.25) is 17.5 Å². The first kappa shape index (κ1) is 40.0. The largest absolute Gasteiger partial charge is 0.371 e. The number of halogens is 1. The Hall–Kier alpha value is -5.45. The second-order valence-corrected chi connectivity index (χ2v) is 18.8. The van der Waals surface area contributed by atoms with E-state index in [4.69, 9.17) is 18.2 Å². The van der Waals surface area contributed by atoms with Gasteiger partial charge in [-0.15, -0.1) is 0 Å². The number of hydrogen-bond acceptors (Lipinski definition) is 8. The average molecular weight is 832 g/mol. The van der Waals surface area contributed by atoms with Gasteiger partial charge in [0.1, 0.15) is 12.1 Å². The molecule has 0 saturated carbocycles. The predicted octanol–water partition coefficient (Wildman–Crippen LogP) is 5.75. The number of hydrogen-bond donors (Lipinski definition) is 1. The van der Waals surface area contributed by atoms with Crippen LogP contribution in [-0.2, 0) is 9.59 Å². The summed E-state index contributed by atoms with van der Waals surface area (Å²) in [5, 5.41) is 2.76. The molecule has 2 atom stereocenters. The van der Waals surface area contributed by atoms with Gasteiger partial charge in [0.15, 0.2) is 0 Å². The number of benzene rings is 3. The van der Waals surface area contributed by atoms with Crippen molar-refractivity contribution in [1.82, 2.24) is 15.1 Å². The second-order valence-electron chi connectivity index (χ2n) is 18.4. The van der Waals surface area contributed by atoms with Crippen molar-refractivity contribution in [2.24, 2.45) is 5.41 Å². The van der Waals surface area contributed by atoms with E-state index in [1.807, 2.05) is 41.3 Å². The van der Waals surface area contributed by atoms with Gasteiger partial charge >= 0.3 is 0 Å². The lowest BCUT2D eigenvalue weighted by atomic mass is 9.76. The Morgan fingerprint density at radius 1 is 0.817 bits per heavy atom. The zero-order valence-corrected chi connectivity index (χ0v) is 35.3. The van der Waals surface area contributed by atoms with Gasteiger partial charge in [-0.1, -0.05) is 17.7 Å². The van der Waals surface area contributed by atoms with E-state index >= 15 is 0 Å². The molecule has 0 aromatic heterocycles. The molecule has 0 aliphatic carbocycles. The summed E-state index contributed by atoms with van der Waals surface area (Å²) in [4.78, 5) is 78.0. The summed E-state index contributed by atoms with van der Waals surface area (Å²) in [6.07, 6.45) is 5.41. The monoisotopic (exact) mass is 831 g/mol. The van der Waals surface area contributed by atoms with Crippen LogP contribution in [0.2, 0.25) is 5.02 Å². The minimum atomic E-state index is -0.981. The second kappa shape index (κ2) is 15.2. The Labute approximate surface area is 356 Å². The molecule has 1 N–H and O–H groups in total. The van der Waals surface area contributed by atoms with E-state index in [1.165, 1.54) is 0 Å². The molecule has 6 aliphatic rings. The van der Waals surface area contributed by atoms with Gasteiger partial charge in [0, 0.05) is 85.7 Å². The topological polar surface area (TPSA) is 118 Å². The van der Waals surface area contributed by atoms with Gasteiger partial charge in [-0.2, -0.15) is 0 Å². The third-order valence-electron chi connectivity index (χ3n) is 14.7. The molecular weight excluding hydrogens is 780 g/mol. The number of nitrogens with one attached hydrogen (secondary N) is 1. The predicted molar refractivity (Wildman–Crippen MR) is 230 cm³/mol. The summed E-state index contributed by atoms with van der Waals surface area (Å²) < 4.78 is 0.845. The van der Waals surface area contributed by atoms with Crippen LogP contribution in [0.3, 0.4) is 0 Å². The molecule has 60 heavy (non-hydrogen) atoms. The molecular formula is C46H52ClN8O5+. The SMILES string of the molecule is [C-]#[N+]c1ccc(N2CC3(CCN(c4ccc(C(=O)N5CCC([N+](C)(C)C6CN(c7ccc8c(c7)C(=O)N(C7CCC(=O)NC7=O)C8=O)C6)CC5)cc4)CC3)C[C@@H]2C)cc1Cl. The molecule has 5 fully saturated rings. The van der Waals surface area contributed by atoms with Crippen molar-refractivity contribution in [2.75, 3.05) is 74.6 Å². The van der Waals surface area contributed by atoms with Crippen LogP contribution in [0.25, 0.3) is 4.85 Å². The molecule has 0 bridgehead atoms. The molecule has 312 valence electrons. The Balaban J connectivity index is 0.748. The van der Waals surface area contributed by atoms with Crippen molar-refractivity contribution >= 4 is 63.9 Å². The van der Waals surface area contributed by atoms with Gasteiger partial charge in [-0.25, -0.2) is 4.85 Å². The summed E-state index contributed by atoms with van der Waals surface area (Å²) in [6, 6.07) is 19.5. The quantitative estimate of drug-likeness (QED) is 0.182. The fourth-order valence-corrected chi connectivity index (χ4v) is 11.0. The molecule has 0 radical (unpaired) electrons. The first-order chi connectivity index (χ1) is 28.7. The number of carbonyl (C=O) groups is 5. The smallest absolute Gasteiger partial charge is 0.262 e. The number of rotatable bonds is 7. The Kier molecular flexibility index (Phi) is 10.1. The number of fused-ring (bicyclic) bond motifs is 1. The molecule has 5 saturated heterocycles. The lowest BCUT2D eigenvalue weighted by molar-refractivity contribution is -0.940. The number of quaternary nitrogens is 1. The Morgan fingerprint density at radius 3 is 2.15 bits per heavy atom. The third kappa shape index (κ3) is 6.97. The van der Waals surface area contributed by atoms with Gasteiger partial charge in [0.05, 0.1) is 50.9 Å². The summed E-state index contributed by atoms with van der Waals surface area (Å²) in [7, 11) is 4.56. The van der Waals surface area contributed by atoms with Crippen molar-refractivity contribution < 1.29 is 28.5 Å². The summed E-state index contributed by atoms with van der Waals surface area (Å²) in [5.74, 6) is -1.91. The Bertz CT molecular complexity index is 2300. The van der Waals surface area contributed by atoms with Crippen molar-refractivity contribution in [1.29, 1.82) is 0 Å². The van der Waals surface area contributed by atoms with E-state index in [0.29, 0.717) is 47.5 Å². The molecule has 1 spiro atoms. The van der Waals surface area contributed by atoms with Crippen LogP contribution < -0.4 is 20.0 Å². The number of amides is 5. The van der Waals surface area contributed by atoms with E-state index in [9.17, 15) is 24.0 Å². The van der Waals surface area contributed by atoms with Gasteiger partial charge in [0.25, 0.3) is 17.7 Å². The van der Waals surface area contributed by atoms with E-state index in [0.717, 1.165) is 96.8 Å². The highest BCUT2D eigenvalue weighted by atomic mass is 35.5. The number of piperidine rings is 3. The third-order valence-corrected chi connectivity index (χ3v) is 15.0. The van der Waals surface area contributed by atoms with Crippen LogP contribution in [0, 0.1) is 12.0 Å². The standard InChI is InChI=1S/C46H51ClN8O5/c1-29-25-46(28-53(29)33-10-12-39(48-2)38(47)24-33)17-21-50(22-18-46)31-7-5-30(6-8-31)43(58)51-19-15-34(16-20-51)55(3,4)35-26-52(27-35)32-9-11-36-37(23-32)45(60)54(44(36)59)40-13-14-41(56)49-42(40)57/h5-12,23-24,29,34-35,40H,13-22,25-28H2,1,3-4H3/p+1/t29-,40?/m0/s1. The lowest BCUT2D eigenvalue weighted by Gasteiger charge is -2.54. The number of anilines is 3. The minimum absolute atomic E-state index is 0.0862. The molecule has 3 aromatic rings. The zero-order valence-electron chi connectivity index (χ0n) is 34.5. The maximum Gasteiger partial charge on any atom is 0.262 e. The van der Waals surface area contributed by atoms with E-state index in [-0.39, 0.29) is 29.7 Å². The fraction of sp³-hybridized carbons (Fsp3) is 0.478. The minimum Gasteiger partial charge on any atom is -0.371 e. The molecule has 6 heterocycles. The highest BCUT2D eigenvalue weighted by molar-refractivity contribution is 6.33. The Morgan fingerprint density at radius 2 is 1.48 bits per heavy atom. The van der Waals surface area contributed by atoms with Gasteiger partial charge in [-0.05, 0) is 92.6 Å². The highest BCUT2D eigenvalue weighted by Crippen LogP contribution is 2.46. The zero-order chi connectivity index (χ0) is 42.1. The van der Waals surface area contributed by atoms with E-state index in [2.05, 4.69) is 58.0 Å². The number of nitrogens with zero attached hydrogens (tertiary/aromatic N) is 7. The van der Waals surface area contributed by atoms with Gasteiger partial charge in [-0.3, -0.25) is 34.2 Å². The van der Waals surface area contributed by atoms with Crippen LogP contribution in [0.5, 0.6) is 0 Å². The van der Waals surface area contributed by atoms with Crippen LogP contribution in [0.15, 0.2) is 60.7 Å². The highest BCUT2D eigenvalue weighted by Gasteiger charge is 2.48. The van der Waals surface area contributed by atoms with E-state index in [1.54, 1.807) is 12.1 Å². The van der Waals surface area contributed by atoms with Crippen molar-refractivity contribution in [3.05, 3.63) is 93.8 Å².